The molecule has 6 nitrogen and oxygen atoms in total. The number of thioether (sulfide) groups is 1. The van der Waals surface area contributed by atoms with Crippen molar-refractivity contribution in [3.8, 4) is 5.75 Å². The minimum atomic E-state index is -0.162. The van der Waals surface area contributed by atoms with E-state index in [0.717, 1.165) is 16.9 Å². The van der Waals surface area contributed by atoms with Crippen molar-refractivity contribution in [2.24, 2.45) is 5.10 Å². The van der Waals surface area contributed by atoms with Crippen LogP contribution in [0.25, 0.3) is 0 Å². The maximum absolute atomic E-state index is 11.9. The zero-order valence-electron chi connectivity index (χ0n) is 18.3. The molecule has 2 N–H and O–H groups in total. The van der Waals surface area contributed by atoms with Gasteiger partial charge in [-0.05, 0) is 53.9 Å². The minimum Gasteiger partial charge on any atom is -0.484 e. The van der Waals surface area contributed by atoms with Crippen LogP contribution in [0.2, 0.25) is 0 Å². The molecule has 0 aliphatic heterocycles. The number of nitrogens with zero attached hydrogens (tertiary/aromatic N) is 1. The second kappa shape index (κ2) is 13.8. The number of hydrazone groups is 1. The highest BCUT2D eigenvalue weighted by Crippen LogP contribution is 2.17. The molecule has 0 radical (unpaired) electrons. The van der Waals surface area contributed by atoms with Crippen LogP contribution < -0.4 is 15.5 Å². The molecule has 0 saturated heterocycles. The van der Waals surface area contributed by atoms with Gasteiger partial charge in [-0.2, -0.15) is 5.10 Å². The van der Waals surface area contributed by atoms with Gasteiger partial charge in [-0.25, -0.2) is 5.43 Å². The maximum atomic E-state index is 11.9. The molecular formula is C26H27N3O3S. The molecule has 3 aromatic rings. The van der Waals surface area contributed by atoms with Crippen LogP contribution in [0.3, 0.4) is 0 Å². The second-order valence-corrected chi connectivity index (χ2v) is 8.32. The summed E-state index contributed by atoms with van der Waals surface area (Å²) in [5.74, 6) is 0.988. The second-order valence-electron chi connectivity index (χ2n) is 7.15. The number of amides is 2. The van der Waals surface area contributed by atoms with Gasteiger partial charge < -0.3 is 10.1 Å². The molecule has 0 aromatic heterocycles. The first-order chi connectivity index (χ1) is 16.2. The summed E-state index contributed by atoms with van der Waals surface area (Å²) < 4.78 is 5.52. The zero-order chi connectivity index (χ0) is 23.1. The Morgan fingerprint density at radius 3 is 2.30 bits per heavy atom. The van der Waals surface area contributed by atoms with Crippen LogP contribution in [0.4, 0.5) is 0 Å². The van der Waals surface area contributed by atoms with Gasteiger partial charge in [0.1, 0.15) is 5.75 Å². The average Bonchev–Trinajstić information content (AvgIpc) is 2.85. The molecule has 0 aliphatic rings. The summed E-state index contributed by atoms with van der Waals surface area (Å²) in [5, 5.41) is 6.84. The molecule has 3 rings (SSSR count). The molecule has 2 amide bonds. The minimum absolute atomic E-state index is 0.0424. The van der Waals surface area contributed by atoms with Crippen molar-refractivity contribution in [1.29, 1.82) is 0 Å². The number of hydrogen-bond donors (Lipinski definition) is 2. The first-order valence-electron chi connectivity index (χ1n) is 10.7. The number of carbonyl (C=O) groups is 2. The molecule has 0 spiro atoms. The topological polar surface area (TPSA) is 79.8 Å². The molecular weight excluding hydrogens is 434 g/mol. The van der Waals surface area contributed by atoms with Crippen molar-refractivity contribution in [3.05, 3.63) is 96.1 Å². The lowest BCUT2D eigenvalue weighted by Crippen LogP contribution is -2.30. The van der Waals surface area contributed by atoms with Crippen molar-refractivity contribution >= 4 is 29.8 Å². The van der Waals surface area contributed by atoms with Gasteiger partial charge in [-0.15, -0.1) is 11.8 Å². The van der Waals surface area contributed by atoms with Gasteiger partial charge in [0.25, 0.3) is 5.91 Å². The Labute approximate surface area is 198 Å². The molecule has 0 fully saturated rings. The third-order valence-electron chi connectivity index (χ3n) is 4.57. The number of carbonyl (C=O) groups excluding carboxylic acids is 2. The summed E-state index contributed by atoms with van der Waals surface area (Å²) in [5.41, 5.74) is 4.53. The van der Waals surface area contributed by atoms with Crippen LogP contribution in [0, 0.1) is 0 Å². The number of hydrogen-bond acceptors (Lipinski definition) is 5. The largest absolute Gasteiger partial charge is 0.484 e. The van der Waals surface area contributed by atoms with E-state index in [-0.39, 0.29) is 18.4 Å². The monoisotopic (exact) mass is 461 g/mol. The Hall–Kier alpha value is -3.58. The van der Waals surface area contributed by atoms with Gasteiger partial charge in [0.05, 0.1) is 6.21 Å². The van der Waals surface area contributed by atoms with Crippen LogP contribution in [-0.4, -0.2) is 36.9 Å². The van der Waals surface area contributed by atoms with Crippen molar-refractivity contribution in [3.63, 3.8) is 0 Å². The smallest absolute Gasteiger partial charge is 0.257 e. The lowest BCUT2D eigenvalue weighted by atomic mass is 10.1. The molecule has 0 atom stereocenters. The summed E-state index contributed by atoms with van der Waals surface area (Å²) in [7, 11) is 0. The summed E-state index contributed by atoms with van der Waals surface area (Å²) in [4.78, 5) is 25.0. The van der Waals surface area contributed by atoms with E-state index in [1.165, 1.54) is 5.56 Å². The lowest BCUT2D eigenvalue weighted by molar-refractivity contribution is -0.123. The zero-order valence-corrected chi connectivity index (χ0v) is 19.1. The maximum Gasteiger partial charge on any atom is 0.257 e. The number of ether oxygens (including phenoxy) is 1. The summed E-state index contributed by atoms with van der Waals surface area (Å²) in [6.45, 7) is 0.525. The van der Waals surface area contributed by atoms with E-state index >= 15 is 0 Å². The standard InChI is InChI=1S/C26H27N3O3S/c30-25(16-18-33-24-9-5-2-6-10-24)29-28-19-22-11-13-23(14-12-22)32-20-26(31)27-17-15-21-7-3-1-4-8-21/h1-14,19H,15-18,20H2,(H,27,31)(H,29,30)/b28-19-. The van der Waals surface area contributed by atoms with Crippen LogP contribution in [0.5, 0.6) is 5.75 Å². The molecule has 3 aromatic carbocycles. The Kier molecular flexibility index (Phi) is 10.0. The quantitative estimate of drug-likeness (QED) is 0.242. The molecule has 0 aliphatic carbocycles. The predicted octanol–water partition coefficient (Wildman–Crippen LogP) is 4.06. The van der Waals surface area contributed by atoms with E-state index < -0.39 is 0 Å². The van der Waals surface area contributed by atoms with E-state index in [1.54, 1.807) is 30.1 Å². The number of nitrogens with one attached hydrogen (secondary N) is 2. The number of benzene rings is 3. The number of rotatable bonds is 12. The Morgan fingerprint density at radius 1 is 0.879 bits per heavy atom. The van der Waals surface area contributed by atoms with Crippen molar-refractivity contribution in [1.82, 2.24) is 10.7 Å². The Balaban J connectivity index is 1.30. The molecule has 0 bridgehead atoms. The van der Waals surface area contributed by atoms with E-state index in [4.69, 9.17) is 4.74 Å². The van der Waals surface area contributed by atoms with Gasteiger partial charge in [-0.3, -0.25) is 9.59 Å². The highest BCUT2D eigenvalue weighted by atomic mass is 32.2. The fraction of sp³-hybridized carbons (Fsp3) is 0.192. The van der Waals surface area contributed by atoms with E-state index in [0.29, 0.717) is 24.5 Å². The third kappa shape index (κ3) is 9.62. The summed E-state index contributed by atoms with van der Waals surface area (Å²) in [6.07, 6.45) is 2.74. The van der Waals surface area contributed by atoms with E-state index in [2.05, 4.69) is 15.8 Å². The lowest BCUT2D eigenvalue weighted by Gasteiger charge is -2.08. The molecule has 0 heterocycles. The summed E-state index contributed by atoms with van der Waals surface area (Å²) in [6, 6.07) is 27.1. The van der Waals surface area contributed by atoms with Crippen LogP contribution >= 0.6 is 11.8 Å². The molecule has 170 valence electrons. The van der Waals surface area contributed by atoms with Crippen LogP contribution in [0.1, 0.15) is 17.5 Å². The fourth-order valence-corrected chi connectivity index (χ4v) is 3.73. The van der Waals surface area contributed by atoms with E-state index in [9.17, 15) is 9.59 Å². The fourth-order valence-electron chi connectivity index (χ4n) is 2.85. The van der Waals surface area contributed by atoms with Gasteiger partial charge >= 0.3 is 0 Å². The van der Waals surface area contributed by atoms with Crippen molar-refractivity contribution in [2.45, 2.75) is 17.7 Å². The normalized spacial score (nSPS) is 10.7. The predicted molar refractivity (Wildman–Crippen MR) is 133 cm³/mol. The molecule has 7 heteroatoms. The van der Waals surface area contributed by atoms with Gasteiger partial charge in [0.2, 0.25) is 5.91 Å². The summed E-state index contributed by atoms with van der Waals surface area (Å²) >= 11 is 1.63. The van der Waals surface area contributed by atoms with Crippen molar-refractivity contribution in [2.75, 3.05) is 18.9 Å². The van der Waals surface area contributed by atoms with Crippen molar-refractivity contribution < 1.29 is 14.3 Å². The molecule has 0 saturated carbocycles. The van der Waals surface area contributed by atoms with Gasteiger partial charge in [0, 0.05) is 23.6 Å². The average molecular weight is 462 g/mol. The van der Waals surface area contributed by atoms with Crippen LogP contribution in [-0.2, 0) is 16.0 Å². The first kappa shape index (κ1) is 24.1. The van der Waals surface area contributed by atoms with Gasteiger partial charge in [0.15, 0.2) is 6.61 Å². The Morgan fingerprint density at radius 2 is 1.58 bits per heavy atom. The van der Waals surface area contributed by atoms with E-state index in [1.807, 2.05) is 72.8 Å². The first-order valence-corrected chi connectivity index (χ1v) is 11.7. The SMILES string of the molecule is O=C(COc1ccc(/C=N\NC(=O)CCSc2ccccc2)cc1)NCCc1ccccc1. The van der Waals surface area contributed by atoms with Gasteiger partial charge in [-0.1, -0.05) is 48.5 Å². The third-order valence-corrected chi connectivity index (χ3v) is 5.59. The molecule has 33 heavy (non-hydrogen) atoms. The highest BCUT2D eigenvalue weighted by Gasteiger charge is 2.03. The Bertz CT molecular complexity index is 1030. The highest BCUT2D eigenvalue weighted by molar-refractivity contribution is 7.99. The van der Waals surface area contributed by atoms with Crippen LogP contribution in [0.15, 0.2) is 94.9 Å². The molecule has 0 unspecified atom stereocenters.